The first-order chi connectivity index (χ1) is 17.6. The Kier molecular flexibility index (Phi) is 9.68. The second-order valence-electron chi connectivity index (χ2n) is 8.55. The molecule has 1 aliphatic heterocycles. The number of aliphatic hydroxyl groups excluding tert-OH is 1. The molecular formula is C27H32N4O4S. The molecule has 1 N–H and O–H groups in total. The van der Waals surface area contributed by atoms with Crippen molar-refractivity contribution in [1.29, 1.82) is 0 Å². The van der Waals surface area contributed by atoms with Gasteiger partial charge in [0.05, 0.1) is 44.3 Å². The summed E-state index contributed by atoms with van der Waals surface area (Å²) in [6.07, 6.45) is 6.05. The molecule has 4 rings (SSSR count). The molecule has 0 fully saturated rings. The molecular weight excluding hydrogens is 476 g/mol. The smallest absolute Gasteiger partial charge is 0.214 e. The minimum atomic E-state index is -0.774. The number of hydrogen-bond donors (Lipinski definition) is 1. The number of tetrazole rings is 1. The van der Waals surface area contributed by atoms with Crippen LogP contribution >= 0.6 is 11.8 Å². The Labute approximate surface area is 216 Å². The molecule has 0 spiro atoms. The zero-order valence-electron chi connectivity index (χ0n) is 20.6. The average Bonchev–Trinajstić information content (AvgIpc) is 3.38. The van der Waals surface area contributed by atoms with Crippen LogP contribution in [0.1, 0.15) is 25.3 Å². The molecule has 0 bridgehead atoms. The first-order valence-corrected chi connectivity index (χ1v) is 13.0. The van der Waals surface area contributed by atoms with Crippen LogP contribution in [0.2, 0.25) is 0 Å². The SMILES string of the molecule is COc1ccc(CO[C@@H](CCSc2nnnn2-c2ccccc2)[C@@H](O)/C=C/[C@@H]2CC(C)=CCO2)cc1. The topological polar surface area (TPSA) is 91.5 Å². The van der Waals surface area contributed by atoms with E-state index in [4.69, 9.17) is 14.2 Å². The molecule has 190 valence electrons. The van der Waals surface area contributed by atoms with Crippen molar-refractivity contribution in [2.75, 3.05) is 19.5 Å². The van der Waals surface area contributed by atoms with Crippen molar-refractivity contribution in [3.05, 3.63) is 84.0 Å². The number of hydrogen-bond acceptors (Lipinski definition) is 8. The molecule has 2 aromatic carbocycles. The minimum absolute atomic E-state index is 0.0308. The van der Waals surface area contributed by atoms with Gasteiger partial charge in [-0.1, -0.05) is 65.9 Å². The fourth-order valence-corrected chi connectivity index (χ4v) is 4.69. The first-order valence-electron chi connectivity index (χ1n) is 12.0. The summed E-state index contributed by atoms with van der Waals surface area (Å²) in [5.74, 6) is 1.47. The maximum Gasteiger partial charge on any atom is 0.214 e. The van der Waals surface area contributed by atoms with Gasteiger partial charge >= 0.3 is 0 Å². The van der Waals surface area contributed by atoms with Gasteiger partial charge in [-0.2, -0.15) is 4.68 Å². The lowest BCUT2D eigenvalue weighted by Crippen LogP contribution is -2.29. The van der Waals surface area contributed by atoms with Crippen LogP contribution in [0.25, 0.3) is 5.69 Å². The molecule has 0 amide bonds. The number of methoxy groups -OCH3 is 1. The van der Waals surface area contributed by atoms with Crippen LogP contribution in [-0.2, 0) is 16.1 Å². The molecule has 1 aromatic heterocycles. The monoisotopic (exact) mass is 508 g/mol. The lowest BCUT2D eigenvalue weighted by molar-refractivity contribution is -0.0281. The normalized spacial score (nSPS) is 17.6. The quantitative estimate of drug-likeness (QED) is 0.285. The van der Waals surface area contributed by atoms with E-state index in [0.29, 0.717) is 30.5 Å². The van der Waals surface area contributed by atoms with Crippen LogP contribution in [0, 0.1) is 0 Å². The van der Waals surface area contributed by atoms with E-state index in [1.807, 2.05) is 60.7 Å². The predicted molar refractivity (Wildman–Crippen MR) is 139 cm³/mol. The molecule has 1 aliphatic rings. The zero-order valence-corrected chi connectivity index (χ0v) is 21.4. The molecule has 8 nitrogen and oxygen atoms in total. The van der Waals surface area contributed by atoms with E-state index in [1.165, 1.54) is 17.3 Å². The summed E-state index contributed by atoms with van der Waals surface area (Å²) >= 11 is 1.53. The fourth-order valence-electron chi connectivity index (χ4n) is 3.80. The van der Waals surface area contributed by atoms with Crippen molar-refractivity contribution in [3.63, 3.8) is 0 Å². The Morgan fingerprint density at radius 3 is 2.75 bits per heavy atom. The number of thioether (sulfide) groups is 1. The summed E-state index contributed by atoms with van der Waals surface area (Å²) in [5.41, 5.74) is 3.20. The maximum atomic E-state index is 11.0. The van der Waals surface area contributed by atoms with Gasteiger partial charge in [-0.3, -0.25) is 0 Å². The number of aliphatic hydroxyl groups is 1. The van der Waals surface area contributed by atoms with E-state index >= 15 is 0 Å². The zero-order chi connectivity index (χ0) is 25.2. The van der Waals surface area contributed by atoms with E-state index in [2.05, 4.69) is 28.5 Å². The predicted octanol–water partition coefficient (Wildman–Crippen LogP) is 4.39. The lowest BCUT2D eigenvalue weighted by atomic mass is 10.0. The first kappa shape index (κ1) is 26.1. The van der Waals surface area contributed by atoms with Crippen molar-refractivity contribution >= 4 is 11.8 Å². The van der Waals surface area contributed by atoms with E-state index in [1.54, 1.807) is 17.9 Å². The number of benzene rings is 2. The molecule has 3 aromatic rings. The third-order valence-electron chi connectivity index (χ3n) is 5.87. The molecule has 0 aliphatic carbocycles. The van der Waals surface area contributed by atoms with Gasteiger partial charge in [0.2, 0.25) is 5.16 Å². The summed E-state index contributed by atoms with van der Waals surface area (Å²) in [4.78, 5) is 0. The van der Waals surface area contributed by atoms with Crippen LogP contribution in [0.15, 0.2) is 83.6 Å². The van der Waals surface area contributed by atoms with Gasteiger partial charge in [-0.05, 0) is 60.0 Å². The van der Waals surface area contributed by atoms with Crippen molar-refractivity contribution in [1.82, 2.24) is 20.2 Å². The minimum Gasteiger partial charge on any atom is -0.497 e. The Bertz CT molecular complexity index is 1130. The summed E-state index contributed by atoms with van der Waals surface area (Å²) < 4.78 is 18.9. The maximum absolute atomic E-state index is 11.0. The second-order valence-corrected chi connectivity index (χ2v) is 9.61. The summed E-state index contributed by atoms with van der Waals surface area (Å²) in [6.45, 7) is 3.08. The molecule has 36 heavy (non-hydrogen) atoms. The van der Waals surface area contributed by atoms with Gasteiger partial charge in [-0.25, -0.2) is 0 Å². The van der Waals surface area contributed by atoms with E-state index < -0.39 is 12.2 Å². The van der Waals surface area contributed by atoms with E-state index in [9.17, 15) is 5.11 Å². The second kappa shape index (κ2) is 13.4. The van der Waals surface area contributed by atoms with Crippen LogP contribution in [0.3, 0.4) is 0 Å². The van der Waals surface area contributed by atoms with Gasteiger partial charge in [0.25, 0.3) is 0 Å². The highest BCUT2D eigenvalue weighted by atomic mass is 32.2. The fraction of sp³-hybridized carbons (Fsp3) is 0.370. The summed E-state index contributed by atoms with van der Waals surface area (Å²) in [7, 11) is 1.64. The number of ether oxygens (including phenoxy) is 3. The van der Waals surface area contributed by atoms with Crippen LogP contribution in [0.4, 0.5) is 0 Å². The third kappa shape index (κ3) is 7.51. The van der Waals surface area contributed by atoms with Gasteiger partial charge in [0.1, 0.15) is 5.75 Å². The van der Waals surface area contributed by atoms with Crippen LogP contribution in [-0.4, -0.2) is 63.1 Å². The summed E-state index contributed by atoms with van der Waals surface area (Å²) in [5, 5.41) is 23.8. The lowest BCUT2D eigenvalue weighted by Gasteiger charge is -2.23. The van der Waals surface area contributed by atoms with Gasteiger partial charge < -0.3 is 19.3 Å². The van der Waals surface area contributed by atoms with Crippen molar-refractivity contribution in [3.8, 4) is 11.4 Å². The molecule has 0 saturated carbocycles. The highest BCUT2D eigenvalue weighted by Gasteiger charge is 2.20. The largest absolute Gasteiger partial charge is 0.497 e. The van der Waals surface area contributed by atoms with Gasteiger partial charge in [0, 0.05) is 5.75 Å². The molecule has 0 unspecified atom stereocenters. The van der Waals surface area contributed by atoms with Crippen LogP contribution < -0.4 is 4.74 Å². The van der Waals surface area contributed by atoms with Crippen molar-refractivity contribution < 1.29 is 19.3 Å². The molecule has 3 atom stereocenters. The highest BCUT2D eigenvalue weighted by molar-refractivity contribution is 7.99. The number of aromatic nitrogens is 4. The Morgan fingerprint density at radius 2 is 2.00 bits per heavy atom. The molecule has 2 heterocycles. The van der Waals surface area contributed by atoms with Crippen LogP contribution in [0.5, 0.6) is 5.75 Å². The highest BCUT2D eigenvalue weighted by Crippen LogP contribution is 2.22. The standard InChI is InChI=1S/C27H32N4O4S/c1-20-14-16-34-24(18-20)12-13-25(32)26(35-19-21-8-10-23(33-2)11-9-21)15-17-36-27-28-29-30-31(27)22-6-4-3-5-7-22/h3-14,24-26,32H,15-19H2,1-2H3/b13-12+/t24-,25+,26+/m1/s1. The Morgan fingerprint density at radius 1 is 1.19 bits per heavy atom. The number of rotatable bonds is 12. The number of nitrogens with zero attached hydrogens (tertiary/aromatic N) is 4. The van der Waals surface area contributed by atoms with E-state index in [-0.39, 0.29) is 6.10 Å². The Balaban J connectivity index is 1.38. The third-order valence-corrected chi connectivity index (χ3v) is 6.82. The molecule has 0 saturated heterocycles. The Hall–Kier alpha value is -2.98. The van der Waals surface area contributed by atoms with Crippen molar-refractivity contribution in [2.45, 2.75) is 49.8 Å². The summed E-state index contributed by atoms with van der Waals surface area (Å²) in [6, 6.07) is 17.5. The van der Waals surface area contributed by atoms with Gasteiger partial charge in [0.15, 0.2) is 0 Å². The number of para-hydroxylation sites is 1. The van der Waals surface area contributed by atoms with E-state index in [0.717, 1.165) is 23.4 Å². The molecule has 9 heteroatoms. The molecule has 0 radical (unpaired) electrons. The average molecular weight is 509 g/mol. The van der Waals surface area contributed by atoms with Gasteiger partial charge in [-0.15, -0.1) is 5.10 Å². The van der Waals surface area contributed by atoms with Crippen molar-refractivity contribution in [2.24, 2.45) is 0 Å².